The third kappa shape index (κ3) is 3.96. The van der Waals surface area contributed by atoms with Crippen LogP contribution in [0.2, 0.25) is 0 Å². The van der Waals surface area contributed by atoms with Gasteiger partial charge in [0.1, 0.15) is 12.1 Å². The van der Waals surface area contributed by atoms with Gasteiger partial charge in [-0.25, -0.2) is 9.97 Å². The lowest BCUT2D eigenvalue weighted by atomic mass is 9.48. The van der Waals surface area contributed by atoms with Gasteiger partial charge in [-0.1, -0.05) is 0 Å². The standard InChI is InChI=1S/C25H35N5O4/c31-18-6-22(33)30(11-18)13-23(34)29-2-1-19-20(12-29)27-14-28-24(19)26-10-21(32)25-7-15-3-16(8-25)5-17(4-15)9-25/h14-18,21,31-32H,1-13H2,(H,26,27,28)/t15?,16?,17?,18-,21?,25?/m0/s1. The number of hydrogen-bond acceptors (Lipinski definition) is 7. The van der Waals surface area contributed by atoms with Crippen molar-refractivity contribution in [1.82, 2.24) is 19.8 Å². The zero-order valence-corrected chi connectivity index (χ0v) is 19.7. The quantitative estimate of drug-likeness (QED) is 0.567. The van der Waals surface area contributed by atoms with E-state index in [0.29, 0.717) is 26.1 Å². The predicted molar refractivity (Wildman–Crippen MR) is 123 cm³/mol. The first-order valence-corrected chi connectivity index (χ1v) is 12.9. The van der Waals surface area contributed by atoms with E-state index in [2.05, 4.69) is 15.3 Å². The average molecular weight is 470 g/mol. The topological polar surface area (TPSA) is 119 Å². The van der Waals surface area contributed by atoms with Gasteiger partial charge in [-0.3, -0.25) is 9.59 Å². The van der Waals surface area contributed by atoms with E-state index in [0.717, 1.165) is 34.8 Å². The molecule has 5 fully saturated rings. The second kappa shape index (κ2) is 8.45. The molecule has 0 aromatic carbocycles. The van der Waals surface area contributed by atoms with Crippen LogP contribution in [0.3, 0.4) is 0 Å². The molecule has 0 spiro atoms. The number of β-amino-alcohol motifs (C(OH)–C–C–N with tert-alkyl or cyclic N) is 1. The van der Waals surface area contributed by atoms with Gasteiger partial charge in [-0.2, -0.15) is 0 Å². The maximum atomic E-state index is 12.8. The molecule has 4 bridgehead atoms. The maximum absolute atomic E-state index is 12.8. The molecule has 3 heterocycles. The van der Waals surface area contributed by atoms with Crippen LogP contribution in [0.4, 0.5) is 5.82 Å². The number of carbonyl (C=O) groups is 2. The number of hydrogen-bond donors (Lipinski definition) is 3. The van der Waals surface area contributed by atoms with Crippen LogP contribution in [0.15, 0.2) is 6.33 Å². The smallest absolute Gasteiger partial charge is 0.242 e. The lowest BCUT2D eigenvalue weighted by molar-refractivity contribution is -0.139. The Balaban J connectivity index is 1.09. The summed E-state index contributed by atoms with van der Waals surface area (Å²) in [6.45, 7) is 1.64. The molecule has 1 aromatic rings. The van der Waals surface area contributed by atoms with Gasteiger partial charge in [0.2, 0.25) is 11.8 Å². The van der Waals surface area contributed by atoms with Crippen LogP contribution in [0.1, 0.15) is 56.2 Å². The molecule has 2 atom stereocenters. The number of aliphatic hydroxyl groups excluding tert-OH is 2. The number of aromatic nitrogens is 2. The van der Waals surface area contributed by atoms with Crippen LogP contribution in [-0.4, -0.2) is 80.2 Å². The van der Waals surface area contributed by atoms with E-state index in [-0.39, 0.29) is 42.8 Å². The predicted octanol–water partition coefficient (Wildman–Crippen LogP) is 0.944. The van der Waals surface area contributed by atoms with Gasteiger partial charge in [0, 0.05) is 25.2 Å². The Morgan fingerprint density at radius 3 is 2.53 bits per heavy atom. The Morgan fingerprint density at radius 1 is 1.18 bits per heavy atom. The molecule has 4 saturated carbocycles. The first-order valence-electron chi connectivity index (χ1n) is 12.9. The van der Waals surface area contributed by atoms with Crippen LogP contribution < -0.4 is 5.32 Å². The minimum atomic E-state index is -0.683. The second-order valence-electron chi connectivity index (χ2n) is 11.5. The minimum absolute atomic E-state index is 0.00131. The van der Waals surface area contributed by atoms with Gasteiger partial charge in [-0.15, -0.1) is 0 Å². The molecule has 9 heteroatoms. The lowest BCUT2D eigenvalue weighted by Crippen LogP contribution is -2.53. The van der Waals surface area contributed by atoms with Crippen LogP contribution in [0.5, 0.6) is 0 Å². The highest BCUT2D eigenvalue weighted by Crippen LogP contribution is 2.61. The summed E-state index contributed by atoms with van der Waals surface area (Å²) in [5.74, 6) is 2.86. The Hall–Kier alpha value is -2.26. The van der Waals surface area contributed by atoms with Crippen LogP contribution in [-0.2, 0) is 22.6 Å². The van der Waals surface area contributed by atoms with Gasteiger partial charge in [0.25, 0.3) is 0 Å². The monoisotopic (exact) mass is 469 g/mol. The maximum Gasteiger partial charge on any atom is 0.242 e. The number of amides is 2. The van der Waals surface area contributed by atoms with E-state index in [1.807, 2.05) is 0 Å². The van der Waals surface area contributed by atoms with E-state index in [4.69, 9.17) is 0 Å². The van der Waals surface area contributed by atoms with Gasteiger partial charge >= 0.3 is 0 Å². The van der Waals surface area contributed by atoms with Gasteiger partial charge < -0.3 is 25.3 Å². The summed E-state index contributed by atoms with van der Waals surface area (Å²) in [5, 5.41) is 24.3. The molecule has 9 nitrogen and oxygen atoms in total. The van der Waals surface area contributed by atoms with Crippen molar-refractivity contribution in [2.24, 2.45) is 23.2 Å². The largest absolute Gasteiger partial charge is 0.391 e. The number of aliphatic hydroxyl groups is 2. The first kappa shape index (κ1) is 22.2. The van der Waals surface area contributed by atoms with Crippen molar-refractivity contribution in [2.75, 3.05) is 31.5 Å². The molecule has 3 N–H and O–H groups in total. The molecule has 1 unspecified atom stereocenters. The highest BCUT2D eigenvalue weighted by Gasteiger charge is 2.53. The third-order valence-corrected chi connectivity index (χ3v) is 9.14. The Morgan fingerprint density at radius 2 is 1.88 bits per heavy atom. The summed E-state index contributed by atoms with van der Waals surface area (Å²) < 4.78 is 0. The van der Waals surface area contributed by atoms with Crippen molar-refractivity contribution in [3.8, 4) is 0 Å². The summed E-state index contributed by atoms with van der Waals surface area (Å²) in [6, 6.07) is 0. The van der Waals surface area contributed by atoms with Gasteiger partial charge in [0.05, 0.1) is 37.4 Å². The molecule has 6 aliphatic rings. The fourth-order valence-corrected chi connectivity index (χ4v) is 7.88. The summed E-state index contributed by atoms with van der Waals surface area (Å²) in [7, 11) is 0. The fraction of sp³-hybridized carbons (Fsp3) is 0.760. The Labute approximate surface area is 199 Å². The van der Waals surface area contributed by atoms with E-state index in [1.165, 1.54) is 49.8 Å². The lowest BCUT2D eigenvalue weighted by Gasteiger charge is -2.58. The van der Waals surface area contributed by atoms with Crippen LogP contribution >= 0.6 is 0 Å². The van der Waals surface area contributed by atoms with E-state index in [1.54, 1.807) is 4.90 Å². The number of rotatable bonds is 6. The van der Waals surface area contributed by atoms with Crippen molar-refractivity contribution in [1.29, 1.82) is 0 Å². The van der Waals surface area contributed by atoms with Crippen LogP contribution in [0, 0.1) is 23.2 Å². The molecule has 0 radical (unpaired) electrons. The van der Waals surface area contributed by atoms with E-state index >= 15 is 0 Å². The Kier molecular flexibility index (Phi) is 5.52. The molecule has 2 amide bonds. The van der Waals surface area contributed by atoms with Crippen molar-refractivity contribution in [3.63, 3.8) is 0 Å². The highest BCUT2D eigenvalue weighted by molar-refractivity contribution is 5.86. The Bertz CT molecular complexity index is 949. The van der Waals surface area contributed by atoms with Crippen molar-refractivity contribution in [2.45, 2.75) is 70.1 Å². The molecule has 1 saturated heterocycles. The van der Waals surface area contributed by atoms with Gasteiger partial charge in [-0.05, 0) is 68.1 Å². The second-order valence-corrected chi connectivity index (χ2v) is 11.5. The fourth-order valence-electron chi connectivity index (χ4n) is 7.88. The number of likely N-dealkylation sites (tertiary alicyclic amines) is 1. The molecule has 4 aliphatic carbocycles. The number of anilines is 1. The van der Waals surface area contributed by atoms with E-state index in [9.17, 15) is 19.8 Å². The molecule has 7 rings (SSSR count). The summed E-state index contributed by atoms with van der Waals surface area (Å²) in [4.78, 5) is 36.7. The minimum Gasteiger partial charge on any atom is -0.391 e. The van der Waals surface area contributed by atoms with Crippen LogP contribution in [0.25, 0.3) is 0 Å². The van der Waals surface area contributed by atoms with E-state index < -0.39 is 6.10 Å². The zero-order chi connectivity index (χ0) is 23.4. The molecule has 2 aliphatic heterocycles. The van der Waals surface area contributed by atoms with Gasteiger partial charge in [0.15, 0.2) is 0 Å². The molecule has 1 aromatic heterocycles. The zero-order valence-electron chi connectivity index (χ0n) is 19.7. The summed E-state index contributed by atoms with van der Waals surface area (Å²) in [6.07, 6.45) is 8.77. The average Bonchev–Trinajstić information content (AvgIpc) is 3.12. The number of nitrogens with one attached hydrogen (secondary N) is 1. The number of nitrogens with zero attached hydrogens (tertiary/aromatic N) is 4. The van der Waals surface area contributed by atoms with Crippen molar-refractivity contribution < 1.29 is 19.8 Å². The number of carbonyl (C=O) groups excluding carboxylic acids is 2. The first-order chi connectivity index (χ1) is 16.4. The summed E-state index contributed by atoms with van der Waals surface area (Å²) >= 11 is 0. The van der Waals surface area contributed by atoms with Crippen molar-refractivity contribution in [3.05, 3.63) is 17.6 Å². The normalized spacial score (nSPS) is 34.9. The highest BCUT2D eigenvalue weighted by atomic mass is 16.3. The molecule has 34 heavy (non-hydrogen) atoms. The van der Waals surface area contributed by atoms with Crippen molar-refractivity contribution >= 4 is 17.6 Å². The molecular formula is C25H35N5O4. The molecular weight excluding hydrogens is 434 g/mol. The third-order valence-electron chi connectivity index (χ3n) is 9.14. The summed E-state index contributed by atoms with van der Waals surface area (Å²) in [5.41, 5.74) is 1.89. The number of fused-ring (bicyclic) bond motifs is 1. The SMILES string of the molecule is O=C(CN1C[C@@H](O)CC1=O)N1CCc2c(ncnc2NCC(O)C23CC4CC(CC(C4)C2)C3)C1. The molecule has 184 valence electrons.